The van der Waals surface area contributed by atoms with Crippen LogP contribution in [0, 0.1) is 0 Å². The van der Waals surface area contributed by atoms with Crippen LogP contribution in [0.3, 0.4) is 0 Å². The Bertz CT molecular complexity index is 777. The van der Waals surface area contributed by atoms with Crippen LogP contribution in [0.1, 0.15) is 45.2 Å². The first-order valence-electron chi connectivity index (χ1n) is 9.00. The van der Waals surface area contributed by atoms with Gasteiger partial charge in [0.05, 0.1) is 6.20 Å². The Morgan fingerprint density at radius 3 is 2.62 bits per heavy atom. The highest BCUT2D eigenvalue weighted by Crippen LogP contribution is 2.26. The van der Waals surface area contributed by atoms with Crippen molar-refractivity contribution in [3.63, 3.8) is 0 Å². The molecule has 0 fully saturated rings. The molecule has 1 aromatic carbocycles. The molecule has 0 saturated carbocycles. The molecule has 3 aromatic rings. The predicted octanol–water partition coefficient (Wildman–Crippen LogP) is 4.95. The Kier molecular flexibility index (Phi) is 5.47. The maximum atomic E-state index is 4.87. The van der Waals surface area contributed by atoms with Gasteiger partial charge in [-0.15, -0.1) is 0 Å². The topological polar surface area (TPSA) is 42.2 Å². The molecule has 126 valence electrons. The first kappa shape index (κ1) is 16.5. The Hall–Kier alpha value is -2.36. The van der Waals surface area contributed by atoms with Crippen molar-refractivity contribution in [2.24, 2.45) is 0 Å². The molecule has 24 heavy (non-hydrogen) atoms. The molecule has 0 amide bonds. The summed E-state index contributed by atoms with van der Waals surface area (Å²) in [7, 11) is 0. The first-order chi connectivity index (χ1) is 11.8. The van der Waals surface area contributed by atoms with E-state index in [0.29, 0.717) is 0 Å². The lowest BCUT2D eigenvalue weighted by atomic mass is 10.1. The fraction of sp³-hybridized carbons (Fsp3) is 0.400. The van der Waals surface area contributed by atoms with Gasteiger partial charge in [0.1, 0.15) is 5.82 Å². The minimum Gasteiger partial charge on any atom is -0.370 e. The lowest BCUT2D eigenvalue weighted by Crippen LogP contribution is -2.09. The minimum atomic E-state index is 0.935. The van der Waals surface area contributed by atoms with Gasteiger partial charge in [0.15, 0.2) is 5.65 Å². The molecular weight excluding hydrogens is 296 g/mol. The highest BCUT2D eigenvalue weighted by atomic mass is 15.3. The van der Waals surface area contributed by atoms with E-state index in [2.05, 4.69) is 54.6 Å². The number of anilines is 1. The lowest BCUT2D eigenvalue weighted by molar-refractivity contribution is 0.738. The van der Waals surface area contributed by atoms with E-state index < -0.39 is 0 Å². The van der Waals surface area contributed by atoms with Crippen LogP contribution >= 0.6 is 0 Å². The quantitative estimate of drug-likeness (QED) is 0.597. The zero-order chi connectivity index (χ0) is 16.8. The molecule has 0 unspecified atom stereocenters. The molecule has 0 spiro atoms. The molecule has 4 heteroatoms. The summed E-state index contributed by atoms with van der Waals surface area (Å²) in [6.07, 6.45) is 7.65. The minimum absolute atomic E-state index is 0.935. The van der Waals surface area contributed by atoms with Gasteiger partial charge in [-0.25, -0.2) is 4.98 Å². The molecule has 0 aliphatic heterocycles. The van der Waals surface area contributed by atoms with Crippen molar-refractivity contribution in [1.82, 2.24) is 14.6 Å². The van der Waals surface area contributed by atoms with Gasteiger partial charge in [0.25, 0.3) is 0 Å². The summed E-state index contributed by atoms with van der Waals surface area (Å²) in [5.74, 6) is 1.04. The van der Waals surface area contributed by atoms with Gasteiger partial charge in [-0.1, -0.05) is 63.4 Å². The molecule has 1 N–H and O–H groups in total. The van der Waals surface area contributed by atoms with Gasteiger partial charge in [0, 0.05) is 23.9 Å². The van der Waals surface area contributed by atoms with Crippen molar-refractivity contribution in [2.75, 3.05) is 11.9 Å². The van der Waals surface area contributed by atoms with E-state index in [1.54, 1.807) is 0 Å². The Balaban J connectivity index is 1.99. The van der Waals surface area contributed by atoms with E-state index in [1.165, 1.54) is 19.3 Å². The predicted molar refractivity (Wildman–Crippen MR) is 100 cm³/mol. The zero-order valence-corrected chi connectivity index (χ0v) is 14.6. The Labute approximate surface area is 143 Å². The largest absolute Gasteiger partial charge is 0.370 e. The Morgan fingerprint density at radius 1 is 1.04 bits per heavy atom. The fourth-order valence-corrected chi connectivity index (χ4v) is 2.94. The second-order valence-electron chi connectivity index (χ2n) is 6.18. The smallest absolute Gasteiger partial charge is 0.165 e. The normalized spacial score (nSPS) is 11.1. The molecule has 0 aliphatic carbocycles. The van der Waals surface area contributed by atoms with Crippen molar-refractivity contribution >= 4 is 11.5 Å². The van der Waals surface area contributed by atoms with Gasteiger partial charge in [-0.2, -0.15) is 9.61 Å². The summed E-state index contributed by atoms with van der Waals surface area (Å²) in [5, 5.41) is 8.13. The Morgan fingerprint density at radius 2 is 1.88 bits per heavy atom. The van der Waals surface area contributed by atoms with Crippen molar-refractivity contribution in [1.29, 1.82) is 0 Å². The summed E-state index contributed by atoms with van der Waals surface area (Å²) in [4.78, 5) is 4.87. The van der Waals surface area contributed by atoms with Crippen LogP contribution in [0.4, 0.5) is 5.82 Å². The van der Waals surface area contributed by atoms with Crippen LogP contribution in [0.5, 0.6) is 0 Å². The summed E-state index contributed by atoms with van der Waals surface area (Å²) in [5.41, 5.74) is 4.31. The number of hydrogen-bond donors (Lipinski definition) is 1. The number of benzene rings is 1. The van der Waals surface area contributed by atoms with E-state index in [0.717, 1.165) is 47.7 Å². The summed E-state index contributed by atoms with van der Waals surface area (Å²) < 4.78 is 1.94. The molecule has 0 radical (unpaired) electrons. The highest BCUT2D eigenvalue weighted by Gasteiger charge is 2.12. The fourth-order valence-electron chi connectivity index (χ4n) is 2.94. The summed E-state index contributed by atoms with van der Waals surface area (Å²) in [6, 6.07) is 12.5. The van der Waals surface area contributed by atoms with Crippen LogP contribution in [-0.4, -0.2) is 21.1 Å². The van der Waals surface area contributed by atoms with Gasteiger partial charge in [-0.05, 0) is 18.4 Å². The molecule has 0 aliphatic rings. The van der Waals surface area contributed by atoms with Crippen LogP contribution < -0.4 is 5.32 Å². The monoisotopic (exact) mass is 322 g/mol. The first-order valence-corrected chi connectivity index (χ1v) is 9.00. The third-order valence-electron chi connectivity index (χ3n) is 4.20. The van der Waals surface area contributed by atoms with Gasteiger partial charge in [-0.3, -0.25) is 0 Å². The average molecular weight is 322 g/mol. The van der Waals surface area contributed by atoms with Crippen LogP contribution in [0.25, 0.3) is 16.8 Å². The standard InChI is InChI=1S/C20H26N4/c1-3-5-9-13-21-19-14-17(10-4-2)23-20-18(15-22-24(19)20)16-11-7-6-8-12-16/h6-8,11-12,14-15,21H,3-5,9-10,13H2,1-2H3. The van der Waals surface area contributed by atoms with Gasteiger partial charge in [0.2, 0.25) is 0 Å². The van der Waals surface area contributed by atoms with E-state index in [4.69, 9.17) is 4.98 Å². The molecule has 3 rings (SSSR count). The lowest BCUT2D eigenvalue weighted by Gasteiger charge is -2.11. The van der Waals surface area contributed by atoms with Crippen LogP contribution in [-0.2, 0) is 6.42 Å². The number of nitrogens with one attached hydrogen (secondary N) is 1. The maximum Gasteiger partial charge on any atom is 0.165 e. The van der Waals surface area contributed by atoms with Crippen molar-refractivity contribution in [3.05, 3.63) is 48.3 Å². The second kappa shape index (κ2) is 7.95. The van der Waals surface area contributed by atoms with Crippen LogP contribution in [0.15, 0.2) is 42.6 Å². The van der Waals surface area contributed by atoms with E-state index in [9.17, 15) is 0 Å². The third kappa shape index (κ3) is 3.58. The number of rotatable bonds is 8. The molecule has 2 aromatic heterocycles. The maximum absolute atomic E-state index is 4.87. The molecule has 0 atom stereocenters. The number of aromatic nitrogens is 3. The van der Waals surface area contributed by atoms with Crippen molar-refractivity contribution < 1.29 is 0 Å². The number of nitrogens with zero attached hydrogens (tertiary/aromatic N) is 3. The number of unbranched alkanes of at least 4 members (excludes halogenated alkanes) is 2. The number of aryl methyl sites for hydroxylation is 1. The number of fused-ring (bicyclic) bond motifs is 1. The molecule has 0 bridgehead atoms. The SMILES string of the molecule is CCCCCNc1cc(CCC)nc2c(-c3ccccc3)cnn12. The third-order valence-corrected chi connectivity index (χ3v) is 4.20. The molecule has 0 saturated heterocycles. The number of hydrogen-bond acceptors (Lipinski definition) is 3. The molecule has 4 nitrogen and oxygen atoms in total. The zero-order valence-electron chi connectivity index (χ0n) is 14.6. The summed E-state index contributed by atoms with van der Waals surface area (Å²) in [6.45, 7) is 5.39. The van der Waals surface area contributed by atoms with E-state index in [-0.39, 0.29) is 0 Å². The second-order valence-corrected chi connectivity index (χ2v) is 6.18. The average Bonchev–Trinajstić information content (AvgIpc) is 3.04. The molecular formula is C20H26N4. The molecule has 2 heterocycles. The van der Waals surface area contributed by atoms with Gasteiger partial charge < -0.3 is 5.32 Å². The summed E-state index contributed by atoms with van der Waals surface area (Å²) >= 11 is 0. The van der Waals surface area contributed by atoms with Gasteiger partial charge >= 0.3 is 0 Å². The van der Waals surface area contributed by atoms with E-state index >= 15 is 0 Å². The van der Waals surface area contributed by atoms with Crippen molar-refractivity contribution in [3.8, 4) is 11.1 Å². The van der Waals surface area contributed by atoms with E-state index in [1.807, 2.05) is 16.8 Å². The van der Waals surface area contributed by atoms with Crippen molar-refractivity contribution in [2.45, 2.75) is 46.0 Å². The van der Waals surface area contributed by atoms with Crippen LogP contribution in [0.2, 0.25) is 0 Å². The highest BCUT2D eigenvalue weighted by molar-refractivity contribution is 5.78.